The van der Waals surface area contributed by atoms with Gasteiger partial charge in [-0.15, -0.1) is 0 Å². The molecule has 0 aromatic heterocycles. The molecule has 1 amide bonds. The largest absolute Gasteiger partial charge is 0.348 e. The van der Waals surface area contributed by atoms with E-state index in [4.69, 9.17) is 0 Å². The zero-order valence-electron chi connectivity index (χ0n) is 10.8. The Morgan fingerprint density at radius 1 is 1.26 bits per heavy atom. The van der Waals surface area contributed by atoms with Crippen molar-refractivity contribution in [3.8, 4) is 0 Å². The molecule has 19 heavy (non-hydrogen) atoms. The number of amides is 1. The van der Waals surface area contributed by atoms with Gasteiger partial charge in [0.25, 0.3) is 0 Å². The number of halogens is 2. The van der Waals surface area contributed by atoms with Crippen molar-refractivity contribution in [3.05, 3.63) is 35.4 Å². The predicted octanol–water partition coefficient (Wildman–Crippen LogP) is 1.58. The first kappa shape index (κ1) is 15.6. The van der Waals surface area contributed by atoms with Gasteiger partial charge < -0.3 is 5.32 Å². The molecule has 0 aliphatic rings. The summed E-state index contributed by atoms with van der Waals surface area (Å²) < 4.78 is 48.9. The van der Waals surface area contributed by atoms with Gasteiger partial charge in [0.15, 0.2) is 9.84 Å². The first-order valence-electron chi connectivity index (χ1n) is 5.57. The van der Waals surface area contributed by atoms with Crippen molar-refractivity contribution in [2.24, 2.45) is 0 Å². The third kappa shape index (κ3) is 3.99. The van der Waals surface area contributed by atoms with Gasteiger partial charge in [-0.05, 0) is 32.0 Å². The second kappa shape index (κ2) is 5.64. The van der Waals surface area contributed by atoms with Crippen LogP contribution in [-0.4, -0.2) is 25.8 Å². The van der Waals surface area contributed by atoms with Crippen LogP contribution in [0.2, 0.25) is 0 Å². The molecule has 7 heteroatoms. The van der Waals surface area contributed by atoms with Crippen LogP contribution in [0.4, 0.5) is 8.78 Å². The van der Waals surface area contributed by atoms with Gasteiger partial charge in [-0.25, -0.2) is 17.2 Å². The number of benzene rings is 1. The Bertz CT molecular complexity index is 587. The molecule has 0 radical (unpaired) electrons. The Morgan fingerprint density at radius 2 is 1.84 bits per heavy atom. The average Bonchev–Trinajstić information content (AvgIpc) is 2.29. The molecule has 1 N–H and O–H groups in total. The van der Waals surface area contributed by atoms with E-state index < -0.39 is 38.7 Å². The van der Waals surface area contributed by atoms with Crippen molar-refractivity contribution >= 4 is 15.7 Å². The molecular weight excluding hydrogens is 276 g/mol. The number of carbonyl (C=O) groups is 1. The highest BCUT2D eigenvalue weighted by Crippen LogP contribution is 2.18. The number of hydrogen-bond donors (Lipinski definition) is 1. The number of rotatable bonds is 4. The van der Waals surface area contributed by atoms with Gasteiger partial charge in [0.1, 0.15) is 16.9 Å². The lowest BCUT2D eigenvalue weighted by Gasteiger charge is -2.17. The highest BCUT2D eigenvalue weighted by Gasteiger charge is 2.25. The fourth-order valence-corrected chi connectivity index (χ4v) is 1.91. The van der Waals surface area contributed by atoms with E-state index >= 15 is 0 Å². The summed E-state index contributed by atoms with van der Waals surface area (Å²) in [7, 11) is -3.53. The zero-order chi connectivity index (χ0) is 14.8. The Labute approximate surface area is 110 Å². The lowest BCUT2D eigenvalue weighted by molar-refractivity contribution is -0.121. The summed E-state index contributed by atoms with van der Waals surface area (Å²) in [6, 6.07) is 2.05. The molecule has 0 heterocycles. The van der Waals surface area contributed by atoms with Gasteiger partial charge in [-0.1, -0.05) is 0 Å². The van der Waals surface area contributed by atoms with Gasteiger partial charge in [-0.2, -0.15) is 0 Å². The molecule has 0 aliphatic carbocycles. The molecule has 1 rings (SSSR count). The maximum absolute atomic E-state index is 13.5. The number of carbonyl (C=O) groups excluding carboxylic acids is 1. The monoisotopic (exact) mass is 291 g/mol. The summed E-state index contributed by atoms with van der Waals surface area (Å²) in [5.41, 5.74) is -0.0333. The Morgan fingerprint density at radius 3 is 2.37 bits per heavy atom. The van der Waals surface area contributed by atoms with E-state index in [9.17, 15) is 22.0 Å². The summed E-state index contributed by atoms with van der Waals surface area (Å²) in [4.78, 5) is 11.7. The lowest BCUT2D eigenvalue weighted by atomic mass is 10.1. The SMILES string of the molecule is C[C@@H](NC(=O)[C@H](C)S(C)(=O)=O)c1cc(F)ccc1F. The third-order valence-corrected chi connectivity index (χ3v) is 4.29. The van der Waals surface area contributed by atoms with Crippen molar-refractivity contribution in [1.82, 2.24) is 5.32 Å². The van der Waals surface area contributed by atoms with Gasteiger partial charge >= 0.3 is 0 Å². The van der Waals surface area contributed by atoms with Crippen LogP contribution in [0.1, 0.15) is 25.5 Å². The molecule has 0 unspecified atom stereocenters. The number of sulfone groups is 1. The predicted molar refractivity (Wildman–Crippen MR) is 67.2 cm³/mol. The Kier molecular flexibility index (Phi) is 4.62. The minimum atomic E-state index is -3.53. The van der Waals surface area contributed by atoms with E-state index in [-0.39, 0.29) is 5.56 Å². The van der Waals surface area contributed by atoms with Gasteiger partial charge in [0.05, 0.1) is 6.04 Å². The third-order valence-electron chi connectivity index (χ3n) is 2.79. The minimum Gasteiger partial charge on any atom is -0.348 e. The Hall–Kier alpha value is -1.50. The van der Waals surface area contributed by atoms with Crippen LogP contribution < -0.4 is 5.32 Å². The van der Waals surface area contributed by atoms with Crippen LogP contribution in [-0.2, 0) is 14.6 Å². The molecule has 2 atom stereocenters. The average molecular weight is 291 g/mol. The van der Waals surface area contributed by atoms with Gasteiger partial charge in [-0.3, -0.25) is 4.79 Å². The standard InChI is InChI=1S/C12H15F2NO3S/c1-7(10-6-9(13)4-5-11(10)14)15-12(16)8(2)19(3,17)18/h4-8H,1-3H3,(H,15,16)/t7-,8+/m1/s1. The molecule has 0 bridgehead atoms. The molecule has 0 saturated heterocycles. The summed E-state index contributed by atoms with van der Waals surface area (Å²) in [5, 5.41) is 1.10. The number of hydrogen-bond acceptors (Lipinski definition) is 3. The molecular formula is C12H15F2NO3S. The molecule has 0 aliphatic heterocycles. The number of nitrogens with one attached hydrogen (secondary N) is 1. The van der Waals surface area contributed by atoms with Crippen LogP contribution >= 0.6 is 0 Å². The quantitative estimate of drug-likeness (QED) is 0.916. The second-order valence-corrected chi connectivity index (χ2v) is 6.73. The van der Waals surface area contributed by atoms with Crippen molar-refractivity contribution < 1.29 is 22.0 Å². The molecule has 4 nitrogen and oxygen atoms in total. The van der Waals surface area contributed by atoms with E-state index in [1.807, 2.05) is 0 Å². The van der Waals surface area contributed by atoms with Crippen LogP contribution in [0, 0.1) is 11.6 Å². The zero-order valence-corrected chi connectivity index (χ0v) is 11.6. The fourth-order valence-electron chi connectivity index (χ4n) is 1.45. The summed E-state index contributed by atoms with van der Waals surface area (Å²) in [5.74, 6) is -2.05. The summed E-state index contributed by atoms with van der Waals surface area (Å²) in [6.45, 7) is 2.68. The molecule has 0 spiro atoms. The van der Waals surface area contributed by atoms with Crippen molar-refractivity contribution in [1.29, 1.82) is 0 Å². The molecule has 0 fully saturated rings. The van der Waals surface area contributed by atoms with E-state index in [0.29, 0.717) is 0 Å². The van der Waals surface area contributed by atoms with E-state index in [2.05, 4.69) is 5.32 Å². The first-order valence-corrected chi connectivity index (χ1v) is 7.52. The van der Waals surface area contributed by atoms with Gasteiger partial charge in [0, 0.05) is 11.8 Å². The molecule has 0 saturated carbocycles. The molecule has 1 aromatic rings. The highest BCUT2D eigenvalue weighted by molar-refractivity contribution is 7.92. The van der Waals surface area contributed by atoms with Crippen LogP contribution in [0.25, 0.3) is 0 Å². The lowest BCUT2D eigenvalue weighted by Crippen LogP contribution is -2.38. The topological polar surface area (TPSA) is 63.2 Å². The summed E-state index contributed by atoms with van der Waals surface area (Å²) in [6.07, 6.45) is 0.935. The van der Waals surface area contributed by atoms with Crippen LogP contribution in [0.5, 0.6) is 0 Å². The molecule has 106 valence electrons. The smallest absolute Gasteiger partial charge is 0.238 e. The van der Waals surface area contributed by atoms with E-state index in [1.54, 1.807) is 0 Å². The van der Waals surface area contributed by atoms with Crippen LogP contribution in [0.3, 0.4) is 0 Å². The maximum atomic E-state index is 13.5. The minimum absolute atomic E-state index is 0.0333. The van der Waals surface area contributed by atoms with E-state index in [1.165, 1.54) is 13.8 Å². The van der Waals surface area contributed by atoms with Gasteiger partial charge in [0.2, 0.25) is 5.91 Å². The Balaban J connectivity index is 2.88. The first-order chi connectivity index (χ1) is 8.62. The normalized spacial score (nSPS) is 14.8. The second-order valence-electron chi connectivity index (χ2n) is 4.37. The van der Waals surface area contributed by atoms with Crippen molar-refractivity contribution in [2.45, 2.75) is 25.1 Å². The summed E-state index contributed by atoms with van der Waals surface area (Å²) >= 11 is 0. The van der Waals surface area contributed by atoms with Crippen molar-refractivity contribution in [2.75, 3.05) is 6.26 Å². The van der Waals surface area contributed by atoms with E-state index in [0.717, 1.165) is 24.5 Å². The van der Waals surface area contributed by atoms with Crippen LogP contribution in [0.15, 0.2) is 18.2 Å². The molecule has 1 aromatic carbocycles. The fraction of sp³-hybridized carbons (Fsp3) is 0.417. The maximum Gasteiger partial charge on any atom is 0.238 e. The van der Waals surface area contributed by atoms with Crippen molar-refractivity contribution in [3.63, 3.8) is 0 Å². The highest BCUT2D eigenvalue weighted by atomic mass is 32.2.